The highest BCUT2D eigenvalue weighted by Crippen LogP contribution is 2.32. The molecule has 0 radical (unpaired) electrons. The number of rotatable bonds is 5. The minimum atomic E-state index is -3.75. The zero-order chi connectivity index (χ0) is 13.9. The Morgan fingerprint density at radius 2 is 2.28 bits per heavy atom. The summed E-state index contributed by atoms with van der Waals surface area (Å²) in [6.07, 6.45) is 0. The summed E-state index contributed by atoms with van der Waals surface area (Å²) < 4.78 is 30.9. The molecule has 0 aliphatic heterocycles. The fourth-order valence-corrected chi connectivity index (χ4v) is 4.64. The number of esters is 1. The highest BCUT2D eigenvalue weighted by molar-refractivity contribution is 9.11. The molecule has 0 saturated carbocycles. The maximum absolute atomic E-state index is 11.9. The summed E-state index contributed by atoms with van der Waals surface area (Å²) in [5, 5.41) is 0.165. The third-order valence-corrected chi connectivity index (χ3v) is 5.55. The lowest BCUT2D eigenvalue weighted by Gasteiger charge is -2.03. The summed E-state index contributed by atoms with van der Waals surface area (Å²) in [7, 11) is -2.52. The summed E-state index contributed by atoms with van der Waals surface area (Å²) >= 11 is 9.55. The number of ether oxygens (including phenoxy) is 1. The molecule has 0 bridgehead atoms. The van der Waals surface area contributed by atoms with E-state index in [1.165, 1.54) is 13.2 Å². The Balaban J connectivity index is 3.06. The van der Waals surface area contributed by atoms with Crippen LogP contribution in [0.1, 0.15) is 9.67 Å². The lowest BCUT2D eigenvalue weighted by Crippen LogP contribution is -2.24. The van der Waals surface area contributed by atoms with E-state index in [4.69, 9.17) is 11.6 Å². The van der Waals surface area contributed by atoms with Gasteiger partial charge in [-0.3, -0.25) is 0 Å². The molecule has 0 spiro atoms. The Labute approximate surface area is 122 Å². The van der Waals surface area contributed by atoms with Gasteiger partial charge in [0, 0.05) is 11.6 Å². The molecule has 1 aromatic heterocycles. The Bertz CT molecular complexity index is 581. The third-order valence-electron chi connectivity index (χ3n) is 1.79. The highest BCUT2D eigenvalue weighted by atomic mass is 79.9. The van der Waals surface area contributed by atoms with E-state index in [2.05, 4.69) is 32.0 Å². The lowest BCUT2D eigenvalue weighted by atomic mass is 10.5. The lowest BCUT2D eigenvalue weighted by molar-refractivity contribution is 0.0606. The molecule has 18 heavy (non-hydrogen) atoms. The fourth-order valence-electron chi connectivity index (χ4n) is 0.988. The zero-order valence-corrected chi connectivity index (χ0v) is 13.2. The number of carbonyl (C=O) groups excluding carboxylic acids is 1. The van der Waals surface area contributed by atoms with Gasteiger partial charge in [0.15, 0.2) is 0 Å². The Morgan fingerprint density at radius 3 is 2.78 bits per heavy atom. The van der Waals surface area contributed by atoms with Crippen LogP contribution in [0.3, 0.4) is 0 Å². The Morgan fingerprint density at radius 1 is 1.67 bits per heavy atom. The van der Waals surface area contributed by atoms with Gasteiger partial charge in [-0.1, -0.05) is 18.2 Å². The topological polar surface area (TPSA) is 72.5 Å². The van der Waals surface area contributed by atoms with Crippen LogP contribution >= 0.6 is 38.9 Å². The van der Waals surface area contributed by atoms with Gasteiger partial charge in [0.1, 0.15) is 9.77 Å². The van der Waals surface area contributed by atoms with Crippen molar-refractivity contribution in [3.8, 4) is 0 Å². The normalized spacial score (nSPS) is 11.3. The SMILES string of the molecule is C=C(Cl)CNS(=O)(=O)c1cc(C(=O)OC)sc1Br. The quantitative estimate of drug-likeness (QED) is 0.803. The van der Waals surface area contributed by atoms with E-state index in [1.54, 1.807) is 0 Å². The molecule has 5 nitrogen and oxygen atoms in total. The van der Waals surface area contributed by atoms with Gasteiger partial charge in [0.2, 0.25) is 10.0 Å². The molecule has 1 rings (SSSR count). The van der Waals surface area contributed by atoms with E-state index in [0.29, 0.717) is 3.79 Å². The number of methoxy groups -OCH3 is 1. The number of sulfonamides is 1. The van der Waals surface area contributed by atoms with Gasteiger partial charge < -0.3 is 4.74 Å². The predicted octanol–water partition coefficient (Wildman–Crippen LogP) is 2.33. The standard InChI is InChI=1S/C9H9BrClNO4S2/c1-5(11)4-12-18(14,15)7-3-6(9(13)16-2)17-8(7)10/h3,12H,1,4H2,2H3. The molecule has 0 aromatic carbocycles. The Kier molecular flexibility index (Phi) is 5.35. The van der Waals surface area contributed by atoms with Gasteiger partial charge >= 0.3 is 5.97 Å². The number of nitrogens with one attached hydrogen (secondary N) is 1. The van der Waals surface area contributed by atoms with Crippen LogP contribution in [0.25, 0.3) is 0 Å². The van der Waals surface area contributed by atoms with Crippen LogP contribution in [0.4, 0.5) is 0 Å². The number of hydrogen-bond donors (Lipinski definition) is 1. The first-order valence-electron chi connectivity index (χ1n) is 4.48. The van der Waals surface area contributed by atoms with Crippen LogP contribution in [-0.2, 0) is 14.8 Å². The molecular weight excluding hydrogens is 366 g/mol. The Hall–Kier alpha value is -0.410. The van der Waals surface area contributed by atoms with Crippen LogP contribution in [-0.4, -0.2) is 28.0 Å². The third kappa shape index (κ3) is 3.79. The number of halogens is 2. The largest absolute Gasteiger partial charge is 0.465 e. The first kappa shape index (κ1) is 15.6. The minimum Gasteiger partial charge on any atom is -0.465 e. The molecule has 1 N–H and O–H groups in total. The van der Waals surface area contributed by atoms with E-state index in [-0.39, 0.29) is 21.3 Å². The van der Waals surface area contributed by atoms with Crippen molar-refractivity contribution >= 4 is 54.9 Å². The van der Waals surface area contributed by atoms with Crippen molar-refractivity contribution in [2.45, 2.75) is 4.90 Å². The van der Waals surface area contributed by atoms with Gasteiger partial charge in [-0.05, 0) is 22.0 Å². The summed E-state index contributed by atoms with van der Waals surface area (Å²) in [6.45, 7) is 3.29. The number of carbonyl (C=O) groups is 1. The van der Waals surface area contributed by atoms with Crippen molar-refractivity contribution in [2.75, 3.05) is 13.7 Å². The van der Waals surface area contributed by atoms with Crippen molar-refractivity contribution in [3.63, 3.8) is 0 Å². The smallest absolute Gasteiger partial charge is 0.348 e. The molecular formula is C9H9BrClNO4S2. The number of thiophene rings is 1. The molecule has 0 aliphatic carbocycles. The minimum absolute atomic E-state index is 0.0363. The monoisotopic (exact) mass is 373 g/mol. The summed E-state index contributed by atoms with van der Waals surface area (Å²) in [6, 6.07) is 1.24. The average molecular weight is 375 g/mol. The molecule has 0 amide bonds. The predicted molar refractivity (Wildman–Crippen MR) is 73.5 cm³/mol. The van der Waals surface area contributed by atoms with Crippen molar-refractivity contribution in [1.29, 1.82) is 0 Å². The fraction of sp³-hybridized carbons (Fsp3) is 0.222. The maximum atomic E-state index is 11.9. The van der Waals surface area contributed by atoms with Gasteiger partial charge in [0.05, 0.1) is 10.9 Å². The van der Waals surface area contributed by atoms with Crippen LogP contribution in [0, 0.1) is 0 Å². The second kappa shape index (κ2) is 6.16. The van der Waals surface area contributed by atoms with E-state index < -0.39 is 16.0 Å². The molecule has 100 valence electrons. The molecule has 0 unspecified atom stereocenters. The van der Waals surface area contributed by atoms with E-state index in [1.807, 2.05) is 0 Å². The highest BCUT2D eigenvalue weighted by Gasteiger charge is 2.23. The van der Waals surface area contributed by atoms with Crippen molar-refractivity contribution in [3.05, 3.63) is 26.3 Å². The average Bonchev–Trinajstić information content (AvgIpc) is 2.68. The molecule has 0 atom stereocenters. The van der Waals surface area contributed by atoms with E-state index in [0.717, 1.165) is 11.3 Å². The van der Waals surface area contributed by atoms with Gasteiger partial charge in [-0.15, -0.1) is 11.3 Å². The summed E-state index contributed by atoms with van der Waals surface area (Å²) in [5.74, 6) is -0.594. The molecule has 0 aliphatic rings. The first-order chi connectivity index (χ1) is 8.27. The van der Waals surface area contributed by atoms with Crippen LogP contribution in [0.2, 0.25) is 0 Å². The molecule has 1 aromatic rings. The zero-order valence-electron chi connectivity index (χ0n) is 9.20. The van der Waals surface area contributed by atoms with E-state index in [9.17, 15) is 13.2 Å². The molecule has 0 fully saturated rings. The summed E-state index contributed by atoms with van der Waals surface area (Å²) in [4.78, 5) is 11.4. The summed E-state index contributed by atoms with van der Waals surface area (Å²) in [5.41, 5.74) is 0. The molecule has 0 saturated heterocycles. The van der Waals surface area contributed by atoms with Crippen molar-refractivity contribution < 1.29 is 17.9 Å². The molecule has 1 heterocycles. The first-order valence-corrected chi connectivity index (χ1v) is 7.95. The van der Waals surface area contributed by atoms with Crippen LogP contribution < -0.4 is 4.72 Å². The van der Waals surface area contributed by atoms with Crippen molar-refractivity contribution in [2.24, 2.45) is 0 Å². The maximum Gasteiger partial charge on any atom is 0.348 e. The second-order valence-corrected chi connectivity index (χ2v) is 7.72. The van der Waals surface area contributed by atoms with Crippen LogP contribution in [0.15, 0.2) is 26.4 Å². The van der Waals surface area contributed by atoms with Gasteiger partial charge in [-0.2, -0.15) is 0 Å². The van der Waals surface area contributed by atoms with Crippen LogP contribution in [0.5, 0.6) is 0 Å². The molecule has 9 heteroatoms. The van der Waals surface area contributed by atoms with Crippen molar-refractivity contribution in [1.82, 2.24) is 4.72 Å². The second-order valence-electron chi connectivity index (χ2n) is 3.08. The van der Waals surface area contributed by atoms with Gasteiger partial charge in [0.25, 0.3) is 0 Å². The van der Waals surface area contributed by atoms with E-state index >= 15 is 0 Å². The van der Waals surface area contributed by atoms with Gasteiger partial charge in [-0.25, -0.2) is 17.9 Å². The number of hydrogen-bond acceptors (Lipinski definition) is 5.